The smallest absolute Gasteiger partial charge is 0.416 e. The molecule has 2 atom stereocenters. The van der Waals surface area contributed by atoms with Crippen LogP contribution < -0.4 is 9.64 Å². The second-order valence-corrected chi connectivity index (χ2v) is 14.6. The van der Waals surface area contributed by atoms with E-state index in [1.54, 1.807) is 34.9 Å². The molecule has 9 nitrogen and oxygen atoms in total. The molecule has 0 bridgehead atoms. The number of carbonyl (C=O) groups excluding carboxylic acids is 1. The molecule has 0 radical (unpaired) electrons. The molecule has 0 saturated carbocycles. The number of piperidine rings is 1. The number of hydrogen-bond acceptors (Lipinski definition) is 8. The highest BCUT2D eigenvalue weighted by Crippen LogP contribution is 2.41. The van der Waals surface area contributed by atoms with E-state index in [0.29, 0.717) is 89.8 Å². The predicted octanol–water partition coefficient (Wildman–Crippen LogP) is 9.32. The Morgan fingerprint density at radius 3 is 2.36 bits per heavy atom. The Kier molecular flexibility index (Phi) is 11.7. The van der Waals surface area contributed by atoms with Gasteiger partial charge in [0, 0.05) is 42.4 Å². The summed E-state index contributed by atoms with van der Waals surface area (Å²) in [7, 11) is 1.32. The Bertz CT molecular complexity index is 1960. The molecule has 4 aromatic rings. The van der Waals surface area contributed by atoms with E-state index in [4.69, 9.17) is 29.0 Å². The van der Waals surface area contributed by atoms with Crippen molar-refractivity contribution in [3.8, 4) is 28.1 Å². The summed E-state index contributed by atoms with van der Waals surface area (Å²) in [6.45, 7) is 20.5. The highest BCUT2D eigenvalue weighted by atomic mass is 19.4. The topological polar surface area (TPSA) is 87.4 Å². The zero-order valence-electron chi connectivity index (χ0n) is 31.5. The highest BCUT2D eigenvalue weighted by Gasteiger charge is 2.38. The first-order chi connectivity index (χ1) is 25.0. The van der Waals surface area contributed by atoms with Crippen molar-refractivity contribution in [3.63, 3.8) is 0 Å². The van der Waals surface area contributed by atoms with Gasteiger partial charge in [-0.25, -0.2) is 9.78 Å². The first-order valence-electron chi connectivity index (χ1n) is 17.7. The van der Waals surface area contributed by atoms with Crippen LogP contribution in [0.1, 0.15) is 76.8 Å². The SMILES string of the molecule is C=CCOC1(C)CCN(c2c([C@H](OC(C)(C)C)C(=O)OC)c(C)nc3cc(-c4cccc(-c5cc(C(F)(F)F)ccc5OC(C)CC=C)c4)nn23)CC1. The van der Waals surface area contributed by atoms with Crippen molar-refractivity contribution in [3.05, 3.63) is 90.7 Å². The molecule has 1 saturated heterocycles. The quantitative estimate of drug-likeness (QED) is 0.0993. The summed E-state index contributed by atoms with van der Waals surface area (Å²) in [6, 6.07) is 12.5. The number of fused-ring (bicyclic) bond motifs is 1. The van der Waals surface area contributed by atoms with Crippen molar-refractivity contribution in [1.82, 2.24) is 14.6 Å². The van der Waals surface area contributed by atoms with Crippen LogP contribution in [-0.4, -0.2) is 64.7 Å². The summed E-state index contributed by atoms with van der Waals surface area (Å²) in [4.78, 5) is 20.5. The van der Waals surface area contributed by atoms with Gasteiger partial charge in [-0.2, -0.15) is 22.8 Å². The third-order valence-electron chi connectivity index (χ3n) is 9.23. The molecule has 1 aliphatic rings. The number of esters is 1. The van der Waals surface area contributed by atoms with Gasteiger partial charge in [-0.1, -0.05) is 30.4 Å². The molecule has 12 heteroatoms. The van der Waals surface area contributed by atoms with E-state index in [1.807, 2.05) is 46.8 Å². The number of hydrogen-bond donors (Lipinski definition) is 0. The van der Waals surface area contributed by atoms with Gasteiger partial charge in [-0.15, -0.1) is 13.2 Å². The minimum absolute atomic E-state index is 0.300. The number of alkyl halides is 3. The Labute approximate surface area is 309 Å². The van der Waals surface area contributed by atoms with E-state index in [9.17, 15) is 18.0 Å². The van der Waals surface area contributed by atoms with Crippen LogP contribution in [0.3, 0.4) is 0 Å². The lowest BCUT2D eigenvalue weighted by Gasteiger charge is -2.41. The lowest BCUT2D eigenvalue weighted by Crippen LogP contribution is -2.45. The summed E-state index contributed by atoms with van der Waals surface area (Å²) in [5.41, 5.74) is 1.80. The predicted molar refractivity (Wildman–Crippen MR) is 200 cm³/mol. The van der Waals surface area contributed by atoms with Gasteiger partial charge in [0.1, 0.15) is 11.6 Å². The second kappa shape index (κ2) is 15.7. The first-order valence-corrected chi connectivity index (χ1v) is 17.7. The number of aromatic nitrogens is 3. The molecule has 0 N–H and O–H groups in total. The number of rotatable bonds is 13. The summed E-state index contributed by atoms with van der Waals surface area (Å²) < 4.78 is 67.3. The van der Waals surface area contributed by atoms with Gasteiger partial charge in [0.05, 0.1) is 47.8 Å². The van der Waals surface area contributed by atoms with Crippen molar-refractivity contribution in [2.45, 2.75) is 90.4 Å². The normalized spacial score (nSPS) is 15.9. The third kappa shape index (κ3) is 9.10. The highest BCUT2D eigenvalue weighted by molar-refractivity contribution is 5.81. The number of halogens is 3. The molecule has 2 aromatic carbocycles. The summed E-state index contributed by atoms with van der Waals surface area (Å²) in [5, 5.41) is 5.03. The van der Waals surface area contributed by atoms with Crippen LogP contribution in [0.25, 0.3) is 28.0 Å². The van der Waals surface area contributed by atoms with Crippen molar-refractivity contribution in [2.75, 3.05) is 31.7 Å². The number of benzene rings is 2. The fourth-order valence-corrected chi connectivity index (χ4v) is 6.53. The van der Waals surface area contributed by atoms with Crippen LogP contribution >= 0.6 is 0 Å². The first kappa shape index (κ1) is 39.5. The van der Waals surface area contributed by atoms with Crippen molar-refractivity contribution < 1.29 is 36.9 Å². The fraction of sp³-hybridized carbons (Fsp3) is 0.439. The minimum atomic E-state index is -4.54. The van der Waals surface area contributed by atoms with Gasteiger partial charge in [-0.3, -0.25) is 0 Å². The zero-order chi connectivity index (χ0) is 38.7. The van der Waals surface area contributed by atoms with Gasteiger partial charge in [0.2, 0.25) is 0 Å². The van der Waals surface area contributed by atoms with Crippen LogP contribution in [0.4, 0.5) is 19.0 Å². The van der Waals surface area contributed by atoms with Gasteiger partial charge in [0.25, 0.3) is 0 Å². The van der Waals surface area contributed by atoms with E-state index in [1.165, 1.54) is 13.2 Å². The van der Waals surface area contributed by atoms with Crippen LogP contribution in [0, 0.1) is 6.92 Å². The summed E-state index contributed by atoms with van der Waals surface area (Å²) in [5.74, 6) is 0.402. The maximum Gasteiger partial charge on any atom is 0.416 e. The zero-order valence-corrected chi connectivity index (χ0v) is 31.5. The molecule has 1 aliphatic heterocycles. The monoisotopic (exact) mass is 734 g/mol. The third-order valence-corrected chi connectivity index (χ3v) is 9.23. The second-order valence-electron chi connectivity index (χ2n) is 14.6. The molecule has 1 unspecified atom stereocenters. The van der Waals surface area contributed by atoms with Gasteiger partial charge in [-0.05, 0) is 84.2 Å². The fourth-order valence-electron chi connectivity index (χ4n) is 6.53. The van der Waals surface area contributed by atoms with E-state index in [0.717, 1.165) is 12.1 Å². The summed E-state index contributed by atoms with van der Waals surface area (Å²) in [6.07, 6.45) is -0.575. The number of anilines is 1. The Morgan fingerprint density at radius 2 is 1.74 bits per heavy atom. The molecule has 0 spiro atoms. The number of ether oxygens (including phenoxy) is 4. The van der Waals surface area contributed by atoms with Gasteiger partial charge >= 0.3 is 12.1 Å². The van der Waals surface area contributed by atoms with Crippen molar-refractivity contribution >= 4 is 17.4 Å². The van der Waals surface area contributed by atoms with Crippen LogP contribution in [-0.2, 0) is 25.2 Å². The Hall–Kier alpha value is -4.68. The molecule has 3 heterocycles. The number of aryl methyl sites for hydroxylation is 1. The molecule has 0 amide bonds. The van der Waals surface area contributed by atoms with Crippen LogP contribution in [0.2, 0.25) is 0 Å². The number of carbonyl (C=O) groups is 1. The molecule has 53 heavy (non-hydrogen) atoms. The number of nitrogens with zero attached hydrogens (tertiary/aromatic N) is 4. The molecule has 2 aromatic heterocycles. The van der Waals surface area contributed by atoms with Gasteiger partial charge < -0.3 is 23.8 Å². The number of methoxy groups -OCH3 is 1. The van der Waals surface area contributed by atoms with E-state index in [-0.39, 0.29) is 11.7 Å². The maximum absolute atomic E-state index is 13.9. The van der Waals surface area contributed by atoms with Gasteiger partial charge in [0.15, 0.2) is 11.8 Å². The molecule has 1 fully saturated rings. The van der Waals surface area contributed by atoms with E-state index >= 15 is 0 Å². The molecular formula is C41H49F3N4O5. The molecular weight excluding hydrogens is 685 g/mol. The lowest BCUT2D eigenvalue weighted by atomic mass is 9.92. The van der Waals surface area contributed by atoms with Crippen LogP contribution in [0.15, 0.2) is 73.8 Å². The molecule has 0 aliphatic carbocycles. The van der Waals surface area contributed by atoms with Crippen LogP contribution in [0.5, 0.6) is 5.75 Å². The molecule has 5 rings (SSSR count). The van der Waals surface area contributed by atoms with Crippen molar-refractivity contribution in [1.29, 1.82) is 0 Å². The minimum Gasteiger partial charge on any atom is -0.490 e. The van der Waals surface area contributed by atoms with E-state index in [2.05, 4.69) is 25.0 Å². The Morgan fingerprint density at radius 1 is 1.04 bits per heavy atom. The average molecular weight is 735 g/mol. The van der Waals surface area contributed by atoms with E-state index < -0.39 is 29.4 Å². The average Bonchev–Trinajstić information content (AvgIpc) is 3.52. The standard InChI is InChI=1S/C41H49F3N4O5/c1-10-13-26(3)52-33-17-16-30(41(42,43)44)24-31(33)28-14-12-15-29(23-28)32-25-34-45-27(4)35(36(38(49)50-9)53-39(5,6)7)37(48(34)46-32)47-20-18-40(8,19-21-47)51-22-11-2/h10-12,14-17,23-26,36H,1-2,13,18-22H2,3-9H3/t26?,36-/m0/s1. The summed E-state index contributed by atoms with van der Waals surface area (Å²) >= 11 is 0. The largest absolute Gasteiger partial charge is 0.490 e. The lowest BCUT2D eigenvalue weighted by molar-refractivity contribution is -0.164. The maximum atomic E-state index is 13.9. The molecule has 284 valence electrons. The van der Waals surface area contributed by atoms with Crippen molar-refractivity contribution in [2.24, 2.45) is 0 Å². The Balaban J connectivity index is 1.66.